The molecule has 0 N–H and O–H groups in total. The number of hydrogen-bond acceptors (Lipinski definition) is 2. The minimum atomic E-state index is -0.000556. The molecule has 62 valence electrons. The van der Waals surface area contributed by atoms with Gasteiger partial charge in [0.15, 0.2) is 0 Å². The minimum absolute atomic E-state index is 0.000556. The Bertz CT molecular complexity index is 184. The highest BCUT2D eigenvalue weighted by Crippen LogP contribution is 2.46. The predicted molar refractivity (Wildman–Crippen MR) is 41.0 cm³/mol. The van der Waals surface area contributed by atoms with Crippen LogP contribution in [-0.2, 0) is 9.53 Å². The van der Waals surface area contributed by atoms with Crippen LogP contribution in [0, 0.1) is 11.3 Å². The van der Waals surface area contributed by atoms with Gasteiger partial charge in [0, 0.05) is 5.41 Å². The fraction of sp³-hybridized carbons (Fsp3) is 0.889. The Labute approximate surface area is 66.9 Å². The molecule has 1 heterocycles. The highest BCUT2D eigenvalue weighted by molar-refractivity contribution is 5.72. The summed E-state index contributed by atoms with van der Waals surface area (Å²) in [4.78, 5) is 10.9. The first-order chi connectivity index (χ1) is 5.21. The van der Waals surface area contributed by atoms with Crippen LogP contribution in [0.15, 0.2) is 0 Å². The van der Waals surface area contributed by atoms with E-state index in [0.717, 1.165) is 5.92 Å². The number of rotatable bonds is 1. The molecule has 2 rings (SSSR count). The summed E-state index contributed by atoms with van der Waals surface area (Å²) in [5.74, 6) is 0.758. The van der Waals surface area contributed by atoms with Crippen LogP contribution < -0.4 is 0 Å². The summed E-state index contributed by atoms with van der Waals surface area (Å²) in [5.41, 5.74) is 0.190. The first-order valence-electron chi connectivity index (χ1n) is 4.36. The second-order valence-corrected chi connectivity index (χ2v) is 4.12. The maximum Gasteiger partial charge on any atom is 0.306 e. The van der Waals surface area contributed by atoms with Crippen LogP contribution >= 0.6 is 0 Å². The summed E-state index contributed by atoms with van der Waals surface area (Å²) in [6.07, 6.45) is 4.59. The molecule has 0 radical (unpaired) electrons. The van der Waals surface area contributed by atoms with Crippen LogP contribution in [0.5, 0.6) is 0 Å². The molecule has 0 aromatic carbocycles. The zero-order valence-corrected chi connectivity index (χ0v) is 6.93. The quantitative estimate of drug-likeness (QED) is 0.538. The van der Waals surface area contributed by atoms with Crippen LogP contribution in [0.4, 0.5) is 0 Å². The summed E-state index contributed by atoms with van der Waals surface area (Å²) in [7, 11) is 0. The maximum atomic E-state index is 10.9. The fourth-order valence-electron chi connectivity index (χ4n) is 2.04. The zero-order chi connectivity index (χ0) is 7.90. The van der Waals surface area contributed by atoms with Gasteiger partial charge in [-0.1, -0.05) is 13.3 Å². The van der Waals surface area contributed by atoms with E-state index in [1.54, 1.807) is 0 Å². The summed E-state index contributed by atoms with van der Waals surface area (Å²) in [6, 6.07) is 0. The van der Waals surface area contributed by atoms with Crippen molar-refractivity contribution < 1.29 is 9.53 Å². The maximum absolute atomic E-state index is 10.9. The predicted octanol–water partition coefficient (Wildman–Crippen LogP) is 1.74. The van der Waals surface area contributed by atoms with Crippen LogP contribution in [0.25, 0.3) is 0 Å². The topological polar surface area (TPSA) is 26.3 Å². The van der Waals surface area contributed by atoms with Gasteiger partial charge < -0.3 is 4.74 Å². The molecular weight excluding hydrogens is 140 g/mol. The first-order valence-corrected chi connectivity index (χ1v) is 4.36. The van der Waals surface area contributed by atoms with E-state index in [1.165, 1.54) is 19.3 Å². The van der Waals surface area contributed by atoms with E-state index in [9.17, 15) is 4.79 Å². The van der Waals surface area contributed by atoms with Crippen molar-refractivity contribution in [3.63, 3.8) is 0 Å². The molecule has 0 spiro atoms. The van der Waals surface area contributed by atoms with Crippen LogP contribution in [0.1, 0.15) is 32.6 Å². The summed E-state index contributed by atoms with van der Waals surface area (Å²) < 4.78 is 4.99. The van der Waals surface area contributed by atoms with Gasteiger partial charge in [-0.15, -0.1) is 0 Å². The normalized spacial score (nSPS) is 38.5. The minimum Gasteiger partial charge on any atom is -0.465 e. The van der Waals surface area contributed by atoms with Gasteiger partial charge in [0.2, 0.25) is 0 Å². The fourth-order valence-corrected chi connectivity index (χ4v) is 2.04. The molecule has 1 unspecified atom stereocenters. The third-order valence-electron chi connectivity index (χ3n) is 3.20. The lowest BCUT2D eigenvalue weighted by Gasteiger charge is -2.37. The van der Waals surface area contributed by atoms with Crippen LogP contribution in [0.2, 0.25) is 0 Å². The van der Waals surface area contributed by atoms with Gasteiger partial charge in [0.1, 0.15) is 0 Å². The van der Waals surface area contributed by atoms with Crippen molar-refractivity contribution in [3.05, 3.63) is 0 Å². The number of esters is 1. The van der Waals surface area contributed by atoms with Gasteiger partial charge in [-0.2, -0.15) is 0 Å². The Morgan fingerprint density at radius 2 is 2.27 bits per heavy atom. The third-order valence-corrected chi connectivity index (χ3v) is 3.20. The first kappa shape index (κ1) is 7.14. The molecule has 2 nitrogen and oxygen atoms in total. The number of ether oxygens (including phenoxy) is 1. The van der Waals surface area contributed by atoms with E-state index >= 15 is 0 Å². The van der Waals surface area contributed by atoms with E-state index in [-0.39, 0.29) is 11.4 Å². The molecule has 0 aromatic heterocycles. The Hall–Kier alpha value is -0.530. The highest BCUT2D eigenvalue weighted by atomic mass is 16.5. The Kier molecular flexibility index (Phi) is 1.44. The molecule has 0 aromatic rings. The van der Waals surface area contributed by atoms with Gasteiger partial charge >= 0.3 is 5.97 Å². The van der Waals surface area contributed by atoms with E-state index in [1.807, 2.05) is 0 Å². The van der Waals surface area contributed by atoms with Crippen molar-refractivity contribution in [3.8, 4) is 0 Å². The lowest BCUT2D eigenvalue weighted by atomic mass is 9.66. The third kappa shape index (κ3) is 1.05. The van der Waals surface area contributed by atoms with E-state index in [0.29, 0.717) is 13.0 Å². The molecule has 1 atom stereocenters. The van der Waals surface area contributed by atoms with Crippen molar-refractivity contribution in [1.82, 2.24) is 0 Å². The van der Waals surface area contributed by atoms with E-state index in [4.69, 9.17) is 4.74 Å². The average molecular weight is 154 g/mol. The average Bonchev–Trinajstić information content (AvgIpc) is 2.06. The van der Waals surface area contributed by atoms with E-state index in [2.05, 4.69) is 6.92 Å². The van der Waals surface area contributed by atoms with Crippen molar-refractivity contribution in [2.24, 2.45) is 11.3 Å². The molecule has 1 saturated carbocycles. The van der Waals surface area contributed by atoms with Crippen molar-refractivity contribution >= 4 is 5.97 Å². The molecule has 0 amide bonds. The standard InChI is InChI=1S/C9H14O2/c1-9(7-3-2-4-7)5-8(10)11-6-9/h7H,2-6H2,1H3. The van der Waals surface area contributed by atoms with Gasteiger partial charge in [-0.3, -0.25) is 4.79 Å². The van der Waals surface area contributed by atoms with Crippen LogP contribution in [0.3, 0.4) is 0 Å². The zero-order valence-electron chi connectivity index (χ0n) is 6.93. The highest BCUT2D eigenvalue weighted by Gasteiger charge is 2.44. The molecule has 2 aliphatic rings. The second-order valence-electron chi connectivity index (χ2n) is 4.12. The summed E-state index contributed by atoms with van der Waals surface area (Å²) >= 11 is 0. The smallest absolute Gasteiger partial charge is 0.306 e. The lowest BCUT2D eigenvalue weighted by molar-refractivity contribution is -0.137. The van der Waals surface area contributed by atoms with Crippen LogP contribution in [-0.4, -0.2) is 12.6 Å². The van der Waals surface area contributed by atoms with Gasteiger partial charge in [-0.25, -0.2) is 0 Å². The van der Waals surface area contributed by atoms with Gasteiger partial charge in [0.25, 0.3) is 0 Å². The number of carbonyl (C=O) groups excluding carboxylic acids is 1. The molecular formula is C9H14O2. The Morgan fingerprint density at radius 3 is 2.64 bits per heavy atom. The summed E-state index contributed by atoms with van der Waals surface area (Å²) in [5, 5.41) is 0. The van der Waals surface area contributed by atoms with Crippen molar-refractivity contribution in [1.29, 1.82) is 0 Å². The molecule has 1 aliphatic heterocycles. The van der Waals surface area contributed by atoms with Gasteiger partial charge in [0.05, 0.1) is 13.0 Å². The molecule has 1 aliphatic carbocycles. The largest absolute Gasteiger partial charge is 0.465 e. The summed E-state index contributed by atoms with van der Waals surface area (Å²) in [6.45, 7) is 2.85. The Morgan fingerprint density at radius 1 is 1.55 bits per heavy atom. The van der Waals surface area contributed by atoms with Crippen molar-refractivity contribution in [2.75, 3.05) is 6.61 Å². The number of hydrogen-bond donors (Lipinski definition) is 0. The van der Waals surface area contributed by atoms with Crippen molar-refractivity contribution in [2.45, 2.75) is 32.6 Å². The number of cyclic esters (lactones) is 1. The SMILES string of the molecule is CC1(C2CCC2)COC(=O)C1. The second kappa shape index (κ2) is 2.23. The molecule has 2 heteroatoms. The lowest BCUT2D eigenvalue weighted by Crippen LogP contribution is -2.32. The Balaban J connectivity index is 2.03. The van der Waals surface area contributed by atoms with E-state index < -0.39 is 0 Å². The molecule has 0 bridgehead atoms. The molecule has 1 saturated heterocycles. The monoisotopic (exact) mass is 154 g/mol. The molecule has 11 heavy (non-hydrogen) atoms. The molecule has 2 fully saturated rings. The number of carbonyl (C=O) groups is 1. The van der Waals surface area contributed by atoms with Gasteiger partial charge in [-0.05, 0) is 18.8 Å².